The van der Waals surface area contributed by atoms with Gasteiger partial charge in [0.2, 0.25) is 0 Å². The SMILES string of the molecule is Nc1ccc(C(=O)Oc2ccc(Oc3ccc(OC(=O)c4ccc(N)cc4)cc3)cc2)cc1. The molecular formula is C26H20N2O5. The summed E-state index contributed by atoms with van der Waals surface area (Å²) in [6.07, 6.45) is 0. The molecule has 0 aromatic heterocycles. The molecule has 0 radical (unpaired) electrons. The summed E-state index contributed by atoms with van der Waals surface area (Å²) in [6, 6.07) is 26.2. The molecule has 4 rings (SSSR count). The summed E-state index contributed by atoms with van der Waals surface area (Å²) in [5.41, 5.74) is 13.2. The van der Waals surface area contributed by atoms with Gasteiger partial charge < -0.3 is 25.7 Å². The molecule has 0 saturated carbocycles. The molecule has 4 aromatic rings. The first-order valence-corrected chi connectivity index (χ1v) is 10.00. The largest absolute Gasteiger partial charge is 0.457 e. The van der Waals surface area contributed by atoms with E-state index in [9.17, 15) is 9.59 Å². The van der Waals surface area contributed by atoms with Gasteiger partial charge in [-0.2, -0.15) is 0 Å². The van der Waals surface area contributed by atoms with Crippen molar-refractivity contribution in [1.29, 1.82) is 0 Å². The Kier molecular flexibility index (Phi) is 6.22. The van der Waals surface area contributed by atoms with E-state index in [1.165, 1.54) is 0 Å². The fourth-order valence-electron chi connectivity index (χ4n) is 2.86. The predicted octanol–water partition coefficient (Wildman–Crippen LogP) is 5.08. The molecule has 0 amide bonds. The van der Waals surface area contributed by atoms with Crippen molar-refractivity contribution < 1.29 is 23.8 Å². The second kappa shape index (κ2) is 9.57. The Morgan fingerprint density at radius 1 is 0.455 bits per heavy atom. The third-order valence-corrected chi connectivity index (χ3v) is 4.60. The van der Waals surface area contributed by atoms with E-state index in [1.807, 2.05) is 0 Å². The molecule has 33 heavy (non-hydrogen) atoms. The Morgan fingerprint density at radius 2 is 0.758 bits per heavy atom. The van der Waals surface area contributed by atoms with E-state index in [4.69, 9.17) is 25.7 Å². The minimum atomic E-state index is -0.479. The monoisotopic (exact) mass is 440 g/mol. The quantitative estimate of drug-likeness (QED) is 0.244. The van der Waals surface area contributed by atoms with Crippen LogP contribution in [-0.2, 0) is 0 Å². The van der Waals surface area contributed by atoms with Crippen molar-refractivity contribution in [3.8, 4) is 23.0 Å². The van der Waals surface area contributed by atoms with Crippen LogP contribution in [0, 0.1) is 0 Å². The molecule has 0 aliphatic carbocycles. The Balaban J connectivity index is 1.33. The van der Waals surface area contributed by atoms with E-state index in [0.717, 1.165) is 0 Å². The highest BCUT2D eigenvalue weighted by Crippen LogP contribution is 2.26. The molecule has 7 heteroatoms. The summed E-state index contributed by atoms with van der Waals surface area (Å²) in [4.78, 5) is 24.4. The molecule has 0 spiro atoms. The van der Waals surface area contributed by atoms with Gasteiger partial charge in [-0.05, 0) is 97.1 Å². The number of benzene rings is 4. The van der Waals surface area contributed by atoms with Gasteiger partial charge in [0.25, 0.3) is 0 Å². The fourth-order valence-corrected chi connectivity index (χ4v) is 2.86. The van der Waals surface area contributed by atoms with Gasteiger partial charge in [0.1, 0.15) is 23.0 Å². The molecule has 7 nitrogen and oxygen atoms in total. The predicted molar refractivity (Wildman–Crippen MR) is 125 cm³/mol. The summed E-state index contributed by atoms with van der Waals surface area (Å²) in [5.74, 6) is 0.909. The molecular weight excluding hydrogens is 420 g/mol. The van der Waals surface area contributed by atoms with Crippen LogP contribution < -0.4 is 25.7 Å². The normalized spacial score (nSPS) is 10.3. The minimum Gasteiger partial charge on any atom is -0.457 e. The third kappa shape index (κ3) is 5.68. The second-order valence-corrected chi connectivity index (χ2v) is 7.07. The molecule has 0 atom stereocenters. The first kappa shape index (κ1) is 21.5. The van der Waals surface area contributed by atoms with E-state index in [2.05, 4.69) is 0 Å². The highest BCUT2D eigenvalue weighted by molar-refractivity contribution is 5.92. The van der Waals surface area contributed by atoms with E-state index in [0.29, 0.717) is 45.5 Å². The van der Waals surface area contributed by atoms with Crippen LogP contribution in [0.4, 0.5) is 11.4 Å². The molecule has 0 bridgehead atoms. The zero-order chi connectivity index (χ0) is 23.2. The number of carbonyl (C=O) groups excluding carboxylic acids is 2. The summed E-state index contributed by atoms with van der Waals surface area (Å²) >= 11 is 0. The molecule has 0 saturated heterocycles. The number of ether oxygens (including phenoxy) is 3. The number of esters is 2. The number of hydrogen-bond acceptors (Lipinski definition) is 7. The Morgan fingerprint density at radius 3 is 1.09 bits per heavy atom. The summed E-state index contributed by atoms with van der Waals surface area (Å²) in [7, 11) is 0. The standard InChI is InChI=1S/C26H20N2O5/c27-19-5-1-17(2-6-19)25(29)32-23-13-9-21(10-14-23)31-22-11-15-24(16-12-22)33-26(30)18-3-7-20(28)8-4-18/h1-16H,27-28H2. The number of carbonyl (C=O) groups is 2. The zero-order valence-corrected chi connectivity index (χ0v) is 17.4. The van der Waals surface area contributed by atoms with E-state index >= 15 is 0 Å². The highest BCUT2D eigenvalue weighted by Gasteiger charge is 2.10. The number of nitrogens with two attached hydrogens (primary N) is 2. The van der Waals surface area contributed by atoms with Crippen LogP contribution in [-0.4, -0.2) is 11.9 Å². The molecule has 0 aliphatic heterocycles. The van der Waals surface area contributed by atoms with Gasteiger partial charge in [-0.1, -0.05) is 0 Å². The molecule has 0 fully saturated rings. The van der Waals surface area contributed by atoms with Crippen LogP contribution >= 0.6 is 0 Å². The first-order valence-electron chi connectivity index (χ1n) is 10.00. The molecule has 4 aromatic carbocycles. The van der Waals surface area contributed by atoms with Crippen LogP contribution in [0.25, 0.3) is 0 Å². The topological polar surface area (TPSA) is 114 Å². The van der Waals surface area contributed by atoms with E-state index in [1.54, 1.807) is 97.1 Å². The van der Waals surface area contributed by atoms with E-state index < -0.39 is 11.9 Å². The third-order valence-electron chi connectivity index (χ3n) is 4.60. The maximum Gasteiger partial charge on any atom is 0.343 e. The van der Waals surface area contributed by atoms with Crippen LogP contribution in [0.3, 0.4) is 0 Å². The Bertz CT molecular complexity index is 1150. The molecule has 0 heterocycles. The summed E-state index contributed by atoms with van der Waals surface area (Å²) in [5, 5.41) is 0. The smallest absolute Gasteiger partial charge is 0.343 e. The number of nitrogen functional groups attached to an aromatic ring is 2. The summed E-state index contributed by atoms with van der Waals surface area (Å²) < 4.78 is 16.5. The first-order chi connectivity index (χ1) is 16.0. The zero-order valence-electron chi connectivity index (χ0n) is 17.4. The van der Waals surface area contributed by atoms with Crippen molar-refractivity contribution in [1.82, 2.24) is 0 Å². The minimum absolute atomic E-state index is 0.383. The van der Waals surface area contributed by atoms with Crippen molar-refractivity contribution in [2.45, 2.75) is 0 Å². The van der Waals surface area contributed by atoms with Gasteiger partial charge in [-0.15, -0.1) is 0 Å². The number of hydrogen-bond donors (Lipinski definition) is 2. The maximum absolute atomic E-state index is 12.2. The summed E-state index contributed by atoms with van der Waals surface area (Å²) in [6.45, 7) is 0. The maximum atomic E-state index is 12.2. The van der Waals surface area contributed by atoms with Gasteiger partial charge in [0.15, 0.2) is 0 Å². The van der Waals surface area contributed by atoms with Crippen molar-refractivity contribution in [3.63, 3.8) is 0 Å². The molecule has 4 N–H and O–H groups in total. The molecule has 0 unspecified atom stereocenters. The number of rotatable bonds is 6. The molecule has 0 aliphatic rings. The van der Waals surface area contributed by atoms with Crippen LogP contribution in [0.15, 0.2) is 97.1 Å². The Labute approximate surface area is 190 Å². The lowest BCUT2D eigenvalue weighted by Gasteiger charge is -2.09. The lowest BCUT2D eigenvalue weighted by molar-refractivity contribution is 0.0725. The molecule has 164 valence electrons. The van der Waals surface area contributed by atoms with Gasteiger partial charge in [-0.3, -0.25) is 0 Å². The van der Waals surface area contributed by atoms with Crippen molar-refractivity contribution in [2.24, 2.45) is 0 Å². The van der Waals surface area contributed by atoms with Crippen LogP contribution in [0.1, 0.15) is 20.7 Å². The van der Waals surface area contributed by atoms with Crippen molar-refractivity contribution in [2.75, 3.05) is 11.5 Å². The van der Waals surface area contributed by atoms with Gasteiger partial charge in [0, 0.05) is 11.4 Å². The fraction of sp³-hybridized carbons (Fsp3) is 0. The lowest BCUT2D eigenvalue weighted by atomic mass is 10.2. The van der Waals surface area contributed by atoms with Crippen molar-refractivity contribution in [3.05, 3.63) is 108 Å². The highest BCUT2D eigenvalue weighted by atomic mass is 16.5. The van der Waals surface area contributed by atoms with Crippen LogP contribution in [0.5, 0.6) is 23.0 Å². The van der Waals surface area contributed by atoms with Gasteiger partial charge in [0.05, 0.1) is 11.1 Å². The second-order valence-electron chi connectivity index (χ2n) is 7.07. The van der Waals surface area contributed by atoms with Gasteiger partial charge >= 0.3 is 11.9 Å². The number of anilines is 2. The average Bonchev–Trinajstić information content (AvgIpc) is 2.82. The van der Waals surface area contributed by atoms with Gasteiger partial charge in [-0.25, -0.2) is 9.59 Å². The van der Waals surface area contributed by atoms with Crippen molar-refractivity contribution >= 4 is 23.3 Å². The lowest BCUT2D eigenvalue weighted by Crippen LogP contribution is -2.08. The van der Waals surface area contributed by atoms with E-state index in [-0.39, 0.29) is 0 Å². The average molecular weight is 440 g/mol. The Hall–Kier alpha value is -4.78. The van der Waals surface area contributed by atoms with Crippen LogP contribution in [0.2, 0.25) is 0 Å².